The second kappa shape index (κ2) is 13.6. The van der Waals surface area contributed by atoms with Gasteiger partial charge in [0.25, 0.3) is 0 Å². The summed E-state index contributed by atoms with van der Waals surface area (Å²) in [5.74, 6) is 3.84. The van der Waals surface area contributed by atoms with Crippen molar-refractivity contribution in [3.05, 3.63) is 0 Å². The van der Waals surface area contributed by atoms with E-state index >= 15 is 0 Å². The molecule has 2 atom stereocenters. The molecule has 0 saturated heterocycles. The van der Waals surface area contributed by atoms with E-state index in [4.69, 9.17) is 26.9 Å². The highest BCUT2D eigenvalue weighted by molar-refractivity contribution is 8.05. The van der Waals surface area contributed by atoms with Crippen LogP contribution in [0, 0.1) is 0 Å². The van der Waals surface area contributed by atoms with E-state index < -0.39 is 0 Å². The number of aliphatic hydroxyl groups is 3. The molecule has 0 aliphatic rings. The smallest absolute Gasteiger partial charge is 0.0558 e. The molecule has 104 valence electrons. The second-order valence-corrected chi connectivity index (χ2v) is 7.57. The van der Waals surface area contributed by atoms with Crippen LogP contribution in [0.25, 0.3) is 0 Å². The van der Waals surface area contributed by atoms with Gasteiger partial charge >= 0.3 is 0 Å². The molecule has 0 rings (SSSR count). The molecule has 0 aliphatic heterocycles. The normalized spacial score (nSPS) is 14.8. The Labute approximate surface area is 121 Å². The third-order valence-corrected chi connectivity index (χ3v) is 6.43. The number of aliphatic hydroxyl groups excluding tert-OH is 3. The molecule has 0 aromatic heterocycles. The molecular weight excluding hydrogens is 300 g/mol. The topological polar surface area (TPSA) is 60.7 Å². The lowest BCUT2D eigenvalue weighted by molar-refractivity contribution is 0.299. The van der Waals surface area contributed by atoms with Gasteiger partial charge in [0.05, 0.1) is 19.8 Å². The molecule has 2 unspecified atom stereocenters. The Hall–Kier alpha value is 1.22. The molecule has 0 amide bonds. The molecule has 0 aromatic carbocycles. The number of thioether (sulfide) groups is 3. The van der Waals surface area contributed by atoms with Crippen LogP contribution in [-0.2, 0) is 0 Å². The van der Waals surface area contributed by atoms with Gasteiger partial charge in [0.2, 0.25) is 0 Å². The highest BCUT2D eigenvalue weighted by atomic mass is 35.5. The van der Waals surface area contributed by atoms with Crippen molar-refractivity contribution >= 4 is 46.9 Å². The molecule has 0 aliphatic carbocycles. The van der Waals surface area contributed by atoms with Crippen molar-refractivity contribution in [2.45, 2.75) is 10.5 Å². The molecule has 3 N–H and O–H groups in total. The van der Waals surface area contributed by atoms with Gasteiger partial charge in [-0.05, 0) is 0 Å². The van der Waals surface area contributed by atoms with E-state index in [1.54, 1.807) is 35.3 Å². The SMILES string of the molecule is OCCSC(CO)CSCC(CO)SCCCl. The molecule has 7 heteroatoms. The van der Waals surface area contributed by atoms with Crippen molar-refractivity contribution in [2.24, 2.45) is 0 Å². The first kappa shape index (κ1) is 18.2. The fourth-order valence-electron chi connectivity index (χ4n) is 1.07. The quantitative estimate of drug-likeness (QED) is 0.469. The molecule has 0 heterocycles. The van der Waals surface area contributed by atoms with Gasteiger partial charge in [0.1, 0.15) is 0 Å². The molecule has 0 radical (unpaired) electrons. The Morgan fingerprint density at radius 1 is 0.882 bits per heavy atom. The minimum Gasteiger partial charge on any atom is -0.396 e. The summed E-state index contributed by atoms with van der Waals surface area (Å²) < 4.78 is 0. The maximum atomic E-state index is 9.15. The zero-order valence-electron chi connectivity index (χ0n) is 9.76. The van der Waals surface area contributed by atoms with Crippen molar-refractivity contribution in [1.82, 2.24) is 0 Å². The Morgan fingerprint density at radius 2 is 1.41 bits per heavy atom. The van der Waals surface area contributed by atoms with E-state index in [2.05, 4.69) is 0 Å². The van der Waals surface area contributed by atoms with E-state index in [1.807, 2.05) is 0 Å². The van der Waals surface area contributed by atoms with Crippen LogP contribution in [0.4, 0.5) is 0 Å². The average molecular weight is 321 g/mol. The maximum absolute atomic E-state index is 9.15. The van der Waals surface area contributed by atoms with E-state index in [0.29, 0.717) is 11.6 Å². The van der Waals surface area contributed by atoms with Crippen molar-refractivity contribution in [1.29, 1.82) is 0 Å². The first-order valence-electron chi connectivity index (χ1n) is 5.48. The third kappa shape index (κ3) is 10.8. The van der Waals surface area contributed by atoms with Crippen molar-refractivity contribution in [2.75, 3.05) is 48.7 Å². The van der Waals surface area contributed by atoms with Gasteiger partial charge in [-0.1, -0.05) is 0 Å². The first-order valence-corrected chi connectivity index (χ1v) is 9.26. The van der Waals surface area contributed by atoms with E-state index in [0.717, 1.165) is 17.3 Å². The number of hydrogen-bond acceptors (Lipinski definition) is 6. The zero-order chi connectivity index (χ0) is 12.9. The molecule has 0 fully saturated rings. The van der Waals surface area contributed by atoms with Gasteiger partial charge in [0, 0.05) is 39.4 Å². The van der Waals surface area contributed by atoms with Gasteiger partial charge in [-0.2, -0.15) is 35.3 Å². The summed E-state index contributed by atoms with van der Waals surface area (Å²) in [5.41, 5.74) is 0. The van der Waals surface area contributed by atoms with Crippen LogP contribution in [-0.4, -0.2) is 74.5 Å². The predicted molar refractivity (Wildman–Crippen MR) is 81.8 cm³/mol. The van der Waals surface area contributed by atoms with E-state index in [9.17, 15) is 0 Å². The third-order valence-electron chi connectivity index (χ3n) is 1.89. The Balaban J connectivity index is 3.61. The van der Waals surface area contributed by atoms with E-state index in [1.165, 1.54) is 0 Å². The van der Waals surface area contributed by atoms with Crippen LogP contribution < -0.4 is 0 Å². The summed E-state index contributed by atoms with van der Waals surface area (Å²) in [6, 6.07) is 0. The zero-order valence-corrected chi connectivity index (χ0v) is 13.0. The Kier molecular flexibility index (Phi) is 14.6. The lowest BCUT2D eigenvalue weighted by atomic mass is 10.5. The molecule has 0 bridgehead atoms. The molecule has 3 nitrogen and oxygen atoms in total. The van der Waals surface area contributed by atoms with Crippen molar-refractivity contribution < 1.29 is 15.3 Å². The van der Waals surface area contributed by atoms with Crippen molar-refractivity contribution in [3.8, 4) is 0 Å². The van der Waals surface area contributed by atoms with E-state index in [-0.39, 0.29) is 30.3 Å². The summed E-state index contributed by atoms with van der Waals surface area (Å²) in [4.78, 5) is 0. The highest BCUT2D eigenvalue weighted by Crippen LogP contribution is 2.20. The fourth-order valence-corrected chi connectivity index (χ4v) is 4.63. The number of alkyl halides is 1. The van der Waals surface area contributed by atoms with Gasteiger partial charge < -0.3 is 15.3 Å². The number of rotatable bonds is 12. The molecule has 0 aromatic rings. The Bertz CT molecular complexity index is 150. The molecule has 17 heavy (non-hydrogen) atoms. The highest BCUT2D eigenvalue weighted by Gasteiger charge is 2.11. The van der Waals surface area contributed by atoms with Crippen LogP contribution >= 0.6 is 46.9 Å². The number of halogens is 1. The molecule has 0 saturated carbocycles. The predicted octanol–water partition coefficient (Wildman–Crippen LogP) is 1.14. The monoisotopic (exact) mass is 320 g/mol. The largest absolute Gasteiger partial charge is 0.396 e. The van der Waals surface area contributed by atoms with Crippen molar-refractivity contribution in [3.63, 3.8) is 0 Å². The lowest BCUT2D eigenvalue weighted by Gasteiger charge is -2.16. The summed E-state index contributed by atoms with van der Waals surface area (Å²) >= 11 is 10.6. The van der Waals surface area contributed by atoms with Gasteiger partial charge in [-0.25, -0.2) is 0 Å². The molecule has 0 spiro atoms. The average Bonchev–Trinajstić information content (AvgIpc) is 2.37. The van der Waals surface area contributed by atoms with Crippen LogP contribution in [0.5, 0.6) is 0 Å². The minimum atomic E-state index is 0.135. The first-order chi connectivity index (χ1) is 8.28. The van der Waals surface area contributed by atoms with Crippen LogP contribution in [0.2, 0.25) is 0 Å². The lowest BCUT2D eigenvalue weighted by Crippen LogP contribution is -2.17. The second-order valence-electron chi connectivity index (χ2n) is 3.30. The van der Waals surface area contributed by atoms with Crippen LogP contribution in [0.15, 0.2) is 0 Å². The number of hydrogen-bond donors (Lipinski definition) is 3. The van der Waals surface area contributed by atoms with Crippen LogP contribution in [0.1, 0.15) is 0 Å². The Morgan fingerprint density at radius 3 is 1.82 bits per heavy atom. The van der Waals surface area contributed by atoms with Gasteiger partial charge in [0.15, 0.2) is 0 Å². The maximum Gasteiger partial charge on any atom is 0.0558 e. The fraction of sp³-hybridized carbons (Fsp3) is 1.00. The van der Waals surface area contributed by atoms with Gasteiger partial charge in [-0.3, -0.25) is 0 Å². The standard InChI is InChI=1S/C10H21ClO3S3/c11-1-3-16-9(5-13)7-15-8-10(6-14)17-4-2-12/h9-10,12-14H,1-8H2. The summed E-state index contributed by atoms with van der Waals surface area (Å²) in [5, 5.41) is 27.4. The summed E-state index contributed by atoms with van der Waals surface area (Å²) in [7, 11) is 0. The minimum absolute atomic E-state index is 0.135. The molecular formula is C10H21ClO3S3. The van der Waals surface area contributed by atoms with Crippen LogP contribution in [0.3, 0.4) is 0 Å². The summed E-state index contributed by atoms with van der Waals surface area (Å²) in [6.07, 6.45) is 0. The van der Waals surface area contributed by atoms with Gasteiger partial charge in [-0.15, -0.1) is 11.6 Å². The summed E-state index contributed by atoms with van der Waals surface area (Å²) in [6.45, 7) is 0.453.